The van der Waals surface area contributed by atoms with Crippen LogP contribution in [0.25, 0.3) is 11.1 Å². The number of fused-ring (bicyclic) bond motifs is 3. The highest BCUT2D eigenvalue weighted by atomic mass is 32.2. The molecule has 1 aliphatic carbocycles. The van der Waals surface area contributed by atoms with E-state index in [0.29, 0.717) is 30.3 Å². The molecule has 12 atom stereocenters. The molecule has 9 rings (SSSR count). The summed E-state index contributed by atoms with van der Waals surface area (Å²) in [5.74, 6) is -41.9. The molecule has 3 unspecified atom stereocenters. The number of esters is 5. The van der Waals surface area contributed by atoms with Gasteiger partial charge < -0.3 is 120 Å². The Morgan fingerprint density at radius 3 is 1.67 bits per heavy atom. The van der Waals surface area contributed by atoms with Gasteiger partial charge in [-0.1, -0.05) is 11.8 Å². The Kier molecular flexibility index (Phi) is 15.9. The summed E-state index contributed by atoms with van der Waals surface area (Å²) in [7, 11) is 0. The number of carbonyl (C=O) groups excluding carboxylic acids is 8. The van der Waals surface area contributed by atoms with E-state index in [1.165, 1.54) is 0 Å². The second-order valence-corrected chi connectivity index (χ2v) is 21.9. The summed E-state index contributed by atoms with van der Waals surface area (Å²) in [6.07, 6.45) is -13.2. The van der Waals surface area contributed by atoms with Crippen LogP contribution in [-0.4, -0.2) is 213 Å². The van der Waals surface area contributed by atoms with Gasteiger partial charge in [-0.05, 0) is 30.3 Å². The van der Waals surface area contributed by atoms with E-state index in [1.54, 1.807) is 0 Å². The highest BCUT2D eigenvalue weighted by Gasteiger charge is 2.80. The SMILES string of the molecule is CC(=O)NC(CSC(=O)C1(O)[C@@H](SCC(NC(C)=O)C(=O)O)[C@@H]2C(=O)O[C@H]3[C@H]4OC(=O)c5cc(O)c(O)c(O)c5-c5c(cc(O)c(O)c5O)C(=O)OC[C@H]3O[C@@H](OC(=O)c3cc(O)c(O)c(O)c3)[C@@H]4OC(=O)c3cc(O)c(O)c4c3[C@H]2[C@@]1(O)O4)C(=O)O. The van der Waals surface area contributed by atoms with E-state index in [2.05, 4.69) is 5.32 Å². The van der Waals surface area contributed by atoms with Gasteiger partial charge in [-0.15, -0.1) is 0 Å². The van der Waals surface area contributed by atoms with Crippen molar-refractivity contribution in [1.29, 1.82) is 0 Å². The molecular formula is C51H44N2O32S2. The van der Waals surface area contributed by atoms with E-state index in [4.69, 9.17) is 33.2 Å². The number of ether oxygens (including phenoxy) is 7. The van der Waals surface area contributed by atoms with Crippen molar-refractivity contribution in [3.63, 3.8) is 0 Å². The van der Waals surface area contributed by atoms with Crippen LogP contribution in [0.15, 0.2) is 30.3 Å². The molecule has 1 saturated carbocycles. The van der Waals surface area contributed by atoms with Gasteiger partial charge in [0, 0.05) is 42.0 Å². The van der Waals surface area contributed by atoms with Crippen molar-refractivity contribution in [2.75, 3.05) is 18.1 Å². The van der Waals surface area contributed by atoms with Crippen molar-refractivity contribution in [3.05, 3.63) is 58.1 Å². The first-order valence-corrected chi connectivity index (χ1v) is 26.7. The number of aromatic hydroxyl groups is 11. The second kappa shape index (κ2) is 22.4. The van der Waals surface area contributed by atoms with Crippen LogP contribution in [0.2, 0.25) is 0 Å². The molecule has 0 radical (unpaired) electrons. The van der Waals surface area contributed by atoms with E-state index in [-0.39, 0.29) is 23.5 Å². The first-order chi connectivity index (χ1) is 40.7. The Bertz CT molecular complexity index is 3680. The Morgan fingerprint density at radius 2 is 1.11 bits per heavy atom. The molecule has 5 aliphatic rings. The predicted molar refractivity (Wildman–Crippen MR) is 277 cm³/mol. The molecule has 4 aliphatic heterocycles. The first-order valence-electron chi connectivity index (χ1n) is 24.7. The number of thioether (sulfide) groups is 2. The maximum absolute atomic E-state index is 15.8. The summed E-state index contributed by atoms with van der Waals surface area (Å²) in [6.45, 7) is 0.325. The molecule has 462 valence electrons. The van der Waals surface area contributed by atoms with Crippen molar-refractivity contribution in [1.82, 2.24) is 10.6 Å². The number of amides is 2. The summed E-state index contributed by atoms with van der Waals surface area (Å²) >= 11 is -0.0538. The molecule has 4 heterocycles. The molecule has 1 saturated heterocycles. The third-order valence-electron chi connectivity index (χ3n) is 14.3. The minimum Gasteiger partial charge on any atom is -0.504 e. The monoisotopic (exact) mass is 1260 g/mol. The van der Waals surface area contributed by atoms with E-state index in [0.717, 1.165) is 13.8 Å². The molecule has 2 fully saturated rings. The average molecular weight is 1260 g/mol. The molecule has 87 heavy (non-hydrogen) atoms. The number of phenolic OH excluding ortho intramolecular Hbond substituents is 11. The molecule has 4 bridgehead atoms. The normalized spacial score (nSPS) is 25.8. The minimum atomic E-state index is -3.83. The van der Waals surface area contributed by atoms with Gasteiger partial charge in [0.25, 0.3) is 5.79 Å². The molecule has 36 heteroatoms. The van der Waals surface area contributed by atoms with Crippen LogP contribution < -0.4 is 15.4 Å². The van der Waals surface area contributed by atoms with Crippen LogP contribution in [0.3, 0.4) is 0 Å². The lowest BCUT2D eigenvalue weighted by Crippen LogP contribution is -2.64. The van der Waals surface area contributed by atoms with Crippen LogP contribution in [0.4, 0.5) is 0 Å². The Morgan fingerprint density at radius 1 is 0.621 bits per heavy atom. The summed E-state index contributed by atoms with van der Waals surface area (Å²) in [4.78, 5) is 139. The third kappa shape index (κ3) is 10.3. The summed E-state index contributed by atoms with van der Waals surface area (Å²) < 4.78 is 40.6. The van der Waals surface area contributed by atoms with E-state index < -0.39 is 256 Å². The van der Waals surface area contributed by atoms with E-state index >= 15 is 14.4 Å². The van der Waals surface area contributed by atoms with Gasteiger partial charge in [0.15, 0.2) is 64.0 Å². The minimum absolute atomic E-state index is 0.0950. The van der Waals surface area contributed by atoms with Crippen LogP contribution in [-0.2, 0) is 57.2 Å². The predicted octanol–water partition coefficient (Wildman–Crippen LogP) is -1.39. The number of aliphatic carboxylic acids is 2. The number of carboxylic acids is 2. The average Bonchev–Trinajstić information content (AvgIpc) is 1.51. The smallest absolute Gasteiger partial charge is 0.340 e. The zero-order chi connectivity index (χ0) is 64.0. The van der Waals surface area contributed by atoms with Crippen LogP contribution in [0.1, 0.15) is 66.8 Å². The number of aliphatic hydroxyl groups is 2. The van der Waals surface area contributed by atoms with Crippen molar-refractivity contribution in [2.24, 2.45) is 5.92 Å². The zero-order valence-electron chi connectivity index (χ0n) is 43.7. The van der Waals surface area contributed by atoms with Gasteiger partial charge in [0.2, 0.25) is 52.2 Å². The third-order valence-corrected chi connectivity index (χ3v) is 16.9. The van der Waals surface area contributed by atoms with Gasteiger partial charge in [-0.25, -0.2) is 28.8 Å². The van der Waals surface area contributed by atoms with Gasteiger partial charge in [-0.3, -0.25) is 19.2 Å². The Balaban J connectivity index is 1.30. The largest absolute Gasteiger partial charge is 0.504 e. The van der Waals surface area contributed by atoms with Crippen molar-refractivity contribution in [2.45, 2.75) is 79.2 Å². The van der Waals surface area contributed by atoms with Gasteiger partial charge in [0.1, 0.15) is 24.8 Å². The lowest BCUT2D eigenvalue weighted by molar-refractivity contribution is -0.287. The number of hydrogen-bond acceptors (Lipinski definition) is 32. The standard InChI is InChI=1S/C51H44N2O32S2/c1-11(54)52-17(41(67)68)9-86-40-28-29-27-16(7-23(60)33(64)37(27)85-51(29,78)50(40,77)49(76)87-10-18(42(69)70)53-12(2)55)46(74)83-39-38-36(81-47(28)75)24(80-48(39)84-43(71)13-3-19(56)30(61)20(57)4-13)8-79-44(72)14-5-21(58)31(62)34(65)25(14)26-15(45(73)82-38)6-22(59)32(63)35(26)66/h3-7,17-18,24,28-29,36,38-40,48,56-66,77-78H,8-10H2,1-2H3,(H,52,54)(H,53,55)(H,67,68)(H,69,70)/t17?,18?,24-,28-,29-,36-,38-,39-,40+,48+,50?,51-/m1/s1. The molecule has 0 aromatic heterocycles. The summed E-state index contributed by atoms with van der Waals surface area (Å²) in [5, 5.41) is 165. The fourth-order valence-corrected chi connectivity index (χ4v) is 13.2. The number of cyclic esters (lactones) is 1. The van der Waals surface area contributed by atoms with Crippen LogP contribution in [0, 0.1) is 5.92 Å². The lowest BCUT2D eigenvalue weighted by atomic mass is 9.83. The van der Waals surface area contributed by atoms with Crippen LogP contribution >= 0.6 is 23.5 Å². The zero-order valence-corrected chi connectivity index (χ0v) is 45.4. The summed E-state index contributed by atoms with van der Waals surface area (Å²) in [6, 6.07) is -1.86. The van der Waals surface area contributed by atoms with Gasteiger partial charge >= 0.3 is 41.8 Å². The molecule has 0 spiro atoms. The number of carboxylic acid groups (broad SMARTS) is 2. The topological polar surface area (TPSA) is 563 Å². The van der Waals surface area contributed by atoms with E-state index in [9.17, 15) is 110 Å². The van der Waals surface area contributed by atoms with Crippen molar-refractivity contribution < 1.29 is 158 Å². The van der Waals surface area contributed by atoms with Crippen molar-refractivity contribution >= 4 is 82.2 Å². The number of hydrogen-bond donors (Lipinski definition) is 17. The fraction of sp³-hybridized carbons (Fsp3) is 0.333. The Labute approximate surface area is 490 Å². The second-order valence-electron chi connectivity index (χ2n) is 19.7. The molecule has 4 aromatic rings. The number of phenols is 11. The van der Waals surface area contributed by atoms with Crippen molar-refractivity contribution in [3.8, 4) is 80.1 Å². The number of rotatable bonds is 12. The molecule has 17 N–H and O–H groups in total. The van der Waals surface area contributed by atoms with Gasteiger partial charge in [-0.2, -0.15) is 11.8 Å². The maximum Gasteiger partial charge on any atom is 0.340 e. The van der Waals surface area contributed by atoms with Crippen LogP contribution in [0.5, 0.6) is 69.0 Å². The first kappa shape index (κ1) is 61.5. The molecular weight excluding hydrogens is 1220 g/mol. The number of carbonyl (C=O) groups is 10. The quantitative estimate of drug-likeness (QED) is 0.0441. The highest BCUT2D eigenvalue weighted by Crippen LogP contribution is 2.67. The van der Waals surface area contributed by atoms with Gasteiger partial charge in [0.05, 0.1) is 39.3 Å². The highest BCUT2D eigenvalue weighted by molar-refractivity contribution is 8.14. The lowest BCUT2D eigenvalue weighted by Gasteiger charge is -2.44. The Hall–Kier alpha value is -10.0. The fourth-order valence-electron chi connectivity index (χ4n) is 10.4. The number of nitrogens with one attached hydrogen (secondary N) is 2. The molecule has 34 nitrogen and oxygen atoms in total. The molecule has 4 aromatic carbocycles. The summed E-state index contributed by atoms with van der Waals surface area (Å²) in [5.41, 5.74) is -11.5. The number of benzene rings is 4. The maximum atomic E-state index is 15.8. The molecule has 2 amide bonds. The van der Waals surface area contributed by atoms with E-state index in [1.807, 2.05) is 5.32 Å².